The molecule has 3 N–H and O–H groups in total. The number of benzene rings is 1. The quantitative estimate of drug-likeness (QED) is 0.682. The van der Waals surface area contributed by atoms with Crippen LogP contribution in [0.5, 0.6) is 11.5 Å². The lowest BCUT2D eigenvalue weighted by Crippen LogP contribution is -2.37. The number of aliphatic hydroxyl groups excluding tert-OH is 1. The summed E-state index contributed by atoms with van der Waals surface area (Å²) >= 11 is 0. The highest BCUT2D eigenvalue weighted by molar-refractivity contribution is 6.39. The molecule has 0 spiro atoms. The zero-order valence-electron chi connectivity index (χ0n) is 13.2. The minimum absolute atomic E-state index is 0.120. The van der Waals surface area contributed by atoms with Gasteiger partial charge in [-0.15, -0.1) is 0 Å². The van der Waals surface area contributed by atoms with E-state index in [0.717, 1.165) is 0 Å². The minimum atomic E-state index is -0.962. The SMILES string of the molecule is COc1ccc(NC(=O)C(=O)NC[C@@H](O)c2ccoc2)c(OC)c1. The second kappa shape index (κ2) is 8.02. The van der Waals surface area contributed by atoms with E-state index >= 15 is 0 Å². The number of ether oxygens (including phenoxy) is 2. The highest BCUT2D eigenvalue weighted by Crippen LogP contribution is 2.28. The Hall–Kier alpha value is -3.00. The van der Waals surface area contributed by atoms with E-state index in [2.05, 4.69) is 10.6 Å². The normalized spacial score (nSPS) is 11.5. The lowest BCUT2D eigenvalue weighted by Gasteiger charge is -2.12. The molecule has 0 radical (unpaired) electrons. The molecular weight excluding hydrogens is 316 g/mol. The van der Waals surface area contributed by atoms with Crippen LogP contribution in [0.25, 0.3) is 0 Å². The van der Waals surface area contributed by atoms with Crippen LogP contribution in [-0.4, -0.2) is 37.7 Å². The smallest absolute Gasteiger partial charge is 0.313 e. The summed E-state index contributed by atoms with van der Waals surface area (Å²) in [6, 6.07) is 6.33. The summed E-state index contributed by atoms with van der Waals surface area (Å²) in [6.07, 6.45) is 1.80. The van der Waals surface area contributed by atoms with Gasteiger partial charge in [-0.05, 0) is 18.2 Å². The maximum absolute atomic E-state index is 11.9. The zero-order valence-corrected chi connectivity index (χ0v) is 13.2. The Morgan fingerprint density at radius 1 is 1.21 bits per heavy atom. The molecule has 0 aliphatic rings. The lowest BCUT2D eigenvalue weighted by molar-refractivity contribution is -0.136. The third kappa shape index (κ3) is 4.26. The maximum atomic E-state index is 11.9. The van der Waals surface area contributed by atoms with Gasteiger partial charge in [0.05, 0.1) is 38.5 Å². The molecule has 0 aliphatic carbocycles. The third-order valence-corrected chi connectivity index (χ3v) is 3.25. The van der Waals surface area contributed by atoms with Gasteiger partial charge in [-0.2, -0.15) is 0 Å². The van der Waals surface area contributed by atoms with Crippen LogP contribution in [0.4, 0.5) is 5.69 Å². The van der Waals surface area contributed by atoms with E-state index in [1.54, 1.807) is 24.3 Å². The Balaban J connectivity index is 1.93. The van der Waals surface area contributed by atoms with Gasteiger partial charge in [0.25, 0.3) is 0 Å². The Kier molecular flexibility index (Phi) is 5.80. The van der Waals surface area contributed by atoms with Gasteiger partial charge in [-0.3, -0.25) is 9.59 Å². The number of hydrogen-bond donors (Lipinski definition) is 3. The molecule has 1 heterocycles. The van der Waals surface area contributed by atoms with E-state index in [9.17, 15) is 14.7 Å². The number of aliphatic hydroxyl groups is 1. The van der Waals surface area contributed by atoms with Crippen molar-refractivity contribution in [2.24, 2.45) is 0 Å². The summed E-state index contributed by atoms with van der Waals surface area (Å²) in [7, 11) is 2.94. The molecule has 0 bridgehead atoms. The molecule has 8 nitrogen and oxygen atoms in total. The van der Waals surface area contributed by atoms with Crippen LogP contribution < -0.4 is 20.1 Å². The number of carbonyl (C=O) groups is 2. The molecule has 8 heteroatoms. The first-order chi connectivity index (χ1) is 11.5. The van der Waals surface area contributed by atoms with Crippen LogP contribution in [0.3, 0.4) is 0 Å². The summed E-state index contributed by atoms with van der Waals surface area (Å²) in [5.41, 5.74) is 0.835. The molecule has 2 rings (SSSR count). The van der Waals surface area contributed by atoms with Crippen molar-refractivity contribution in [3.05, 3.63) is 42.4 Å². The van der Waals surface area contributed by atoms with Crippen molar-refractivity contribution in [3.8, 4) is 11.5 Å². The van der Waals surface area contributed by atoms with Crippen molar-refractivity contribution >= 4 is 17.5 Å². The third-order valence-electron chi connectivity index (χ3n) is 3.25. The summed E-state index contributed by atoms with van der Waals surface area (Å²) < 4.78 is 15.0. The van der Waals surface area contributed by atoms with Crippen LogP contribution in [0.15, 0.2) is 41.2 Å². The van der Waals surface area contributed by atoms with Crippen molar-refractivity contribution in [2.45, 2.75) is 6.10 Å². The highest BCUT2D eigenvalue weighted by atomic mass is 16.5. The van der Waals surface area contributed by atoms with E-state index in [1.807, 2.05) is 0 Å². The first kappa shape index (κ1) is 17.4. The first-order valence-corrected chi connectivity index (χ1v) is 7.06. The average molecular weight is 334 g/mol. The van der Waals surface area contributed by atoms with E-state index in [1.165, 1.54) is 26.7 Å². The fourth-order valence-electron chi connectivity index (χ4n) is 1.93. The van der Waals surface area contributed by atoms with Gasteiger partial charge in [0.2, 0.25) is 0 Å². The fraction of sp³-hybridized carbons (Fsp3) is 0.250. The average Bonchev–Trinajstić information content (AvgIpc) is 3.14. The van der Waals surface area contributed by atoms with Gasteiger partial charge in [-0.1, -0.05) is 0 Å². The molecule has 2 aromatic rings. The molecule has 1 aromatic carbocycles. The Morgan fingerprint density at radius 3 is 2.62 bits per heavy atom. The van der Waals surface area contributed by atoms with Crippen LogP contribution in [0, 0.1) is 0 Å². The monoisotopic (exact) mass is 334 g/mol. The van der Waals surface area contributed by atoms with Gasteiger partial charge < -0.3 is 29.6 Å². The Morgan fingerprint density at radius 2 is 2.00 bits per heavy atom. The van der Waals surface area contributed by atoms with E-state index in [-0.39, 0.29) is 6.54 Å². The minimum Gasteiger partial charge on any atom is -0.497 e. The van der Waals surface area contributed by atoms with Crippen molar-refractivity contribution in [2.75, 3.05) is 26.1 Å². The standard InChI is InChI=1S/C16H18N2O6/c1-22-11-3-4-12(14(7-11)23-2)18-16(21)15(20)17-8-13(19)10-5-6-24-9-10/h3-7,9,13,19H,8H2,1-2H3,(H,17,20)(H,18,21)/t13-/m1/s1. The number of anilines is 1. The van der Waals surface area contributed by atoms with Gasteiger partial charge in [0.1, 0.15) is 11.5 Å². The number of amides is 2. The topological polar surface area (TPSA) is 110 Å². The Labute approximate surface area is 138 Å². The van der Waals surface area contributed by atoms with E-state index in [0.29, 0.717) is 22.7 Å². The Bertz CT molecular complexity index is 699. The van der Waals surface area contributed by atoms with Crippen LogP contribution >= 0.6 is 0 Å². The van der Waals surface area contributed by atoms with Gasteiger partial charge in [0, 0.05) is 18.2 Å². The van der Waals surface area contributed by atoms with Gasteiger partial charge >= 0.3 is 11.8 Å². The summed E-state index contributed by atoms with van der Waals surface area (Å²) in [5.74, 6) is -0.847. The van der Waals surface area contributed by atoms with Crippen molar-refractivity contribution in [1.82, 2.24) is 5.32 Å². The summed E-state index contributed by atoms with van der Waals surface area (Å²) in [6.45, 7) is -0.120. The number of furan rings is 1. The predicted molar refractivity (Wildman–Crippen MR) is 84.9 cm³/mol. The molecule has 0 aliphatic heterocycles. The molecule has 2 amide bonds. The first-order valence-electron chi connectivity index (χ1n) is 7.06. The van der Waals surface area contributed by atoms with Crippen molar-refractivity contribution < 1.29 is 28.6 Å². The highest BCUT2D eigenvalue weighted by Gasteiger charge is 2.18. The molecular formula is C16H18N2O6. The maximum Gasteiger partial charge on any atom is 0.313 e. The number of rotatable bonds is 6. The van der Waals surface area contributed by atoms with Crippen LogP contribution in [0.2, 0.25) is 0 Å². The molecule has 1 aromatic heterocycles. The molecule has 0 unspecified atom stereocenters. The van der Waals surface area contributed by atoms with Gasteiger partial charge in [0.15, 0.2) is 0 Å². The second-order valence-corrected chi connectivity index (χ2v) is 4.80. The van der Waals surface area contributed by atoms with Crippen LogP contribution in [-0.2, 0) is 9.59 Å². The fourth-order valence-corrected chi connectivity index (χ4v) is 1.93. The zero-order chi connectivity index (χ0) is 17.5. The summed E-state index contributed by atoms with van der Waals surface area (Å²) in [5, 5.41) is 14.6. The van der Waals surface area contributed by atoms with E-state index in [4.69, 9.17) is 13.9 Å². The molecule has 1 atom stereocenters. The molecule has 0 saturated heterocycles. The number of hydrogen-bond acceptors (Lipinski definition) is 6. The van der Waals surface area contributed by atoms with Gasteiger partial charge in [-0.25, -0.2) is 0 Å². The van der Waals surface area contributed by atoms with Crippen molar-refractivity contribution in [1.29, 1.82) is 0 Å². The van der Waals surface area contributed by atoms with E-state index < -0.39 is 17.9 Å². The number of carbonyl (C=O) groups excluding carboxylic acids is 2. The van der Waals surface area contributed by atoms with Crippen LogP contribution in [0.1, 0.15) is 11.7 Å². The molecule has 128 valence electrons. The summed E-state index contributed by atoms with van der Waals surface area (Å²) in [4.78, 5) is 23.7. The number of nitrogens with one attached hydrogen (secondary N) is 2. The largest absolute Gasteiger partial charge is 0.497 e. The second-order valence-electron chi connectivity index (χ2n) is 4.80. The van der Waals surface area contributed by atoms with Crippen molar-refractivity contribution in [3.63, 3.8) is 0 Å². The molecule has 0 fully saturated rings. The predicted octanol–water partition coefficient (Wildman–Crippen LogP) is 1.09. The lowest BCUT2D eigenvalue weighted by atomic mass is 10.2. The molecule has 0 saturated carbocycles. The molecule has 24 heavy (non-hydrogen) atoms. The number of methoxy groups -OCH3 is 2.